The molecule has 5 nitrogen and oxygen atoms in total. The first-order valence-corrected chi connectivity index (χ1v) is 6.07. The molecule has 0 saturated heterocycles. The van der Waals surface area contributed by atoms with Gasteiger partial charge in [0.2, 0.25) is 0 Å². The van der Waals surface area contributed by atoms with E-state index in [1.807, 2.05) is 6.07 Å². The number of rotatable bonds is 2. The Balaban J connectivity index is 2.04. The third-order valence-electron chi connectivity index (χ3n) is 2.78. The molecule has 88 valence electrons. The Morgan fingerprint density at radius 2 is 2.41 bits per heavy atom. The zero-order valence-electron chi connectivity index (χ0n) is 8.94. The summed E-state index contributed by atoms with van der Waals surface area (Å²) in [7, 11) is 0. The van der Waals surface area contributed by atoms with Crippen molar-refractivity contribution in [3.8, 4) is 5.75 Å². The van der Waals surface area contributed by atoms with Gasteiger partial charge in [0.1, 0.15) is 12.1 Å². The molecule has 6 heteroatoms. The van der Waals surface area contributed by atoms with Gasteiger partial charge in [-0.2, -0.15) is 5.10 Å². The Labute approximate surface area is 106 Å². The molecular weight excluding hydrogens is 286 g/mol. The van der Waals surface area contributed by atoms with Crippen LogP contribution in [0.15, 0.2) is 27.7 Å². The molecule has 0 spiro atoms. The highest BCUT2D eigenvalue weighted by Crippen LogP contribution is 2.33. The van der Waals surface area contributed by atoms with Gasteiger partial charge in [-0.3, -0.25) is 4.57 Å². The van der Waals surface area contributed by atoms with Crippen LogP contribution in [0.1, 0.15) is 11.1 Å². The van der Waals surface area contributed by atoms with E-state index >= 15 is 0 Å². The first-order chi connectivity index (χ1) is 8.24. The van der Waals surface area contributed by atoms with E-state index in [1.54, 1.807) is 0 Å². The minimum Gasteiger partial charge on any atom is -0.493 e. The van der Waals surface area contributed by atoms with E-state index in [-0.39, 0.29) is 5.69 Å². The maximum Gasteiger partial charge on any atom is 0.343 e. The first kappa shape index (κ1) is 10.6. The number of nitrogens with one attached hydrogen (secondary N) is 1. The maximum absolute atomic E-state index is 11.4. The minimum atomic E-state index is -0.211. The highest BCUT2D eigenvalue weighted by Gasteiger charge is 2.17. The summed E-state index contributed by atoms with van der Waals surface area (Å²) < 4.78 is 8.13. The largest absolute Gasteiger partial charge is 0.493 e. The van der Waals surface area contributed by atoms with Crippen molar-refractivity contribution in [1.29, 1.82) is 0 Å². The standard InChI is InChI=1S/C11H10BrN3O2/c12-9-3-7-1-2-17-10(7)8(4-9)5-15-6-13-14-11(15)16/h3-4,6H,1-2,5H2,(H,14,16). The minimum absolute atomic E-state index is 0.211. The van der Waals surface area contributed by atoms with Crippen LogP contribution < -0.4 is 10.4 Å². The van der Waals surface area contributed by atoms with Gasteiger partial charge in [-0.15, -0.1) is 0 Å². The Bertz CT molecular complexity index is 617. The van der Waals surface area contributed by atoms with Crippen molar-refractivity contribution in [3.63, 3.8) is 0 Å². The van der Waals surface area contributed by atoms with Crippen molar-refractivity contribution in [2.45, 2.75) is 13.0 Å². The summed E-state index contributed by atoms with van der Waals surface area (Å²) in [4.78, 5) is 11.4. The van der Waals surface area contributed by atoms with Crippen LogP contribution in [0.25, 0.3) is 0 Å². The molecule has 0 amide bonds. The molecule has 3 rings (SSSR count). The molecule has 1 aromatic carbocycles. The maximum atomic E-state index is 11.4. The lowest BCUT2D eigenvalue weighted by Crippen LogP contribution is -2.17. The number of aromatic amines is 1. The number of ether oxygens (including phenoxy) is 1. The smallest absolute Gasteiger partial charge is 0.343 e. The summed E-state index contributed by atoms with van der Waals surface area (Å²) in [6.45, 7) is 1.18. The molecule has 0 saturated carbocycles. The number of hydrogen-bond donors (Lipinski definition) is 1. The van der Waals surface area contributed by atoms with E-state index in [0.29, 0.717) is 13.2 Å². The molecule has 0 fully saturated rings. The molecule has 1 aromatic heterocycles. The third kappa shape index (κ3) is 1.88. The molecule has 2 aromatic rings. The fourth-order valence-corrected chi connectivity index (χ4v) is 2.58. The van der Waals surface area contributed by atoms with Gasteiger partial charge in [0.25, 0.3) is 0 Å². The monoisotopic (exact) mass is 295 g/mol. The Kier molecular flexibility index (Phi) is 2.51. The van der Waals surface area contributed by atoms with E-state index in [2.05, 4.69) is 32.2 Å². The van der Waals surface area contributed by atoms with Crippen molar-refractivity contribution < 1.29 is 4.74 Å². The number of benzene rings is 1. The Morgan fingerprint density at radius 1 is 1.53 bits per heavy atom. The van der Waals surface area contributed by atoms with Gasteiger partial charge >= 0.3 is 5.69 Å². The summed E-state index contributed by atoms with van der Waals surface area (Å²) in [6.07, 6.45) is 2.41. The Morgan fingerprint density at radius 3 is 3.18 bits per heavy atom. The lowest BCUT2D eigenvalue weighted by Gasteiger charge is -2.08. The molecular formula is C11H10BrN3O2. The fraction of sp³-hybridized carbons (Fsp3) is 0.273. The lowest BCUT2D eigenvalue weighted by molar-refractivity contribution is 0.352. The highest BCUT2D eigenvalue weighted by molar-refractivity contribution is 9.10. The molecule has 0 atom stereocenters. The molecule has 1 N–H and O–H groups in total. The van der Waals surface area contributed by atoms with Gasteiger partial charge < -0.3 is 4.74 Å². The second-order valence-corrected chi connectivity index (χ2v) is 4.86. The molecule has 0 bridgehead atoms. The van der Waals surface area contributed by atoms with E-state index in [9.17, 15) is 4.79 Å². The van der Waals surface area contributed by atoms with Gasteiger partial charge in [-0.1, -0.05) is 15.9 Å². The number of fused-ring (bicyclic) bond motifs is 1. The van der Waals surface area contributed by atoms with Crippen LogP contribution in [0.5, 0.6) is 5.75 Å². The average Bonchev–Trinajstić information content (AvgIpc) is 2.88. The topological polar surface area (TPSA) is 59.9 Å². The van der Waals surface area contributed by atoms with Crippen LogP contribution in [-0.2, 0) is 13.0 Å². The third-order valence-corrected chi connectivity index (χ3v) is 3.24. The zero-order valence-corrected chi connectivity index (χ0v) is 10.5. The molecule has 1 aliphatic rings. The second-order valence-electron chi connectivity index (χ2n) is 3.94. The summed E-state index contributed by atoms with van der Waals surface area (Å²) in [5.41, 5.74) is 1.97. The molecule has 17 heavy (non-hydrogen) atoms. The average molecular weight is 296 g/mol. The zero-order chi connectivity index (χ0) is 11.8. The summed E-state index contributed by atoms with van der Waals surface area (Å²) in [5, 5.41) is 6.08. The van der Waals surface area contributed by atoms with Crippen LogP contribution in [-0.4, -0.2) is 21.4 Å². The van der Waals surface area contributed by atoms with Gasteiger partial charge in [0.05, 0.1) is 13.2 Å². The number of hydrogen-bond acceptors (Lipinski definition) is 3. The van der Waals surface area contributed by atoms with Crippen molar-refractivity contribution >= 4 is 15.9 Å². The van der Waals surface area contributed by atoms with Crippen LogP contribution in [0.3, 0.4) is 0 Å². The van der Waals surface area contributed by atoms with Gasteiger partial charge in [0.15, 0.2) is 0 Å². The van der Waals surface area contributed by atoms with Gasteiger partial charge in [-0.25, -0.2) is 9.89 Å². The van der Waals surface area contributed by atoms with Crippen molar-refractivity contribution in [2.24, 2.45) is 0 Å². The predicted molar refractivity (Wildman–Crippen MR) is 65.3 cm³/mol. The number of H-pyrrole nitrogens is 1. The van der Waals surface area contributed by atoms with E-state index < -0.39 is 0 Å². The lowest BCUT2D eigenvalue weighted by atomic mass is 10.1. The molecule has 1 aliphatic heterocycles. The summed E-state index contributed by atoms with van der Waals surface area (Å²) in [6, 6.07) is 4.04. The van der Waals surface area contributed by atoms with Crippen LogP contribution in [0.4, 0.5) is 0 Å². The normalized spacial score (nSPS) is 13.5. The summed E-state index contributed by atoms with van der Waals surface area (Å²) >= 11 is 3.47. The van der Waals surface area contributed by atoms with Crippen molar-refractivity contribution in [3.05, 3.63) is 44.5 Å². The predicted octanol–water partition coefficient (Wildman–Crippen LogP) is 1.32. The number of halogens is 1. The van der Waals surface area contributed by atoms with Crippen LogP contribution >= 0.6 is 15.9 Å². The molecule has 0 radical (unpaired) electrons. The molecule has 0 unspecified atom stereocenters. The van der Waals surface area contributed by atoms with E-state index in [1.165, 1.54) is 16.5 Å². The quantitative estimate of drug-likeness (QED) is 0.909. The van der Waals surface area contributed by atoms with E-state index in [4.69, 9.17) is 4.74 Å². The second kappa shape index (κ2) is 4.03. The van der Waals surface area contributed by atoms with Gasteiger partial charge in [-0.05, 0) is 17.7 Å². The number of nitrogens with zero attached hydrogens (tertiary/aromatic N) is 2. The highest BCUT2D eigenvalue weighted by atomic mass is 79.9. The van der Waals surface area contributed by atoms with Crippen molar-refractivity contribution in [1.82, 2.24) is 14.8 Å². The van der Waals surface area contributed by atoms with Crippen LogP contribution in [0, 0.1) is 0 Å². The molecule has 2 heterocycles. The van der Waals surface area contributed by atoms with E-state index in [0.717, 1.165) is 22.2 Å². The van der Waals surface area contributed by atoms with Crippen LogP contribution in [0.2, 0.25) is 0 Å². The van der Waals surface area contributed by atoms with Gasteiger partial charge in [0, 0.05) is 16.5 Å². The number of aromatic nitrogens is 3. The Hall–Kier alpha value is -1.56. The van der Waals surface area contributed by atoms with Crippen molar-refractivity contribution in [2.75, 3.05) is 6.61 Å². The molecule has 0 aliphatic carbocycles. The summed E-state index contributed by atoms with van der Waals surface area (Å²) in [5.74, 6) is 0.904. The SMILES string of the molecule is O=c1[nH]ncn1Cc1cc(Br)cc2c1OCC2. The fourth-order valence-electron chi connectivity index (χ4n) is 2.03. The first-order valence-electron chi connectivity index (χ1n) is 5.28.